The van der Waals surface area contributed by atoms with Gasteiger partial charge in [0.2, 0.25) is 10.0 Å². The molecule has 0 spiro atoms. The summed E-state index contributed by atoms with van der Waals surface area (Å²) >= 11 is 0. The molecule has 1 heterocycles. The fourth-order valence-corrected chi connectivity index (χ4v) is 3.39. The zero-order valence-corrected chi connectivity index (χ0v) is 17.2. The summed E-state index contributed by atoms with van der Waals surface area (Å²) in [6.45, 7) is 2.27. The van der Waals surface area contributed by atoms with Crippen LogP contribution in [0.1, 0.15) is 34.5 Å². The predicted octanol–water partition coefficient (Wildman–Crippen LogP) is 2.46. The Morgan fingerprint density at radius 3 is 2.38 bits per heavy atom. The highest BCUT2D eigenvalue weighted by molar-refractivity contribution is 7.88. The topological polar surface area (TPSA) is 93.1 Å². The largest absolute Gasteiger partial charge is 0.346 e. The van der Waals surface area contributed by atoms with Crippen molar-refractivity contribution < 1.29 is 13.2 Å². The van der Waals surface area contributed by atoms with Gasteiger partial charge in [0.25, 0.3) is 5.91 Å². The van der Waals surface area contributed by atoms with Crippen LogP contribution >= 0.6 is 0 Å². The molecule has 3 aromatic rings. The van der Waals surface area contributed by atoms with Crippen molar-refractivity contribution in [3.8, 4) is 5.69 Å². The average molecular weight is 413 g/mol. The third kappa shape index (κ3) is 6.00. The minimum Gasteiger partial charge on any atom is -0.346 e. The summed E-state index contributed by atoms with van der Waals surface area (Å²) in [5.41, 5.74) is 3.53. The molecular formula is C21H24N4O3S. The van der Waals surface area contributed by atoms with Crippen molar-refractivity contribution in [2.45, 2.75) is 19.4 Å². The lowest BCUT2D eigenvalue weighted by molar-refractivity contribution is 0.0940. The van der Waals surface area contributed by atoms with Crippen molar-refractivity contribution in [2.24, 2.45) is 0 Å². The second kappa shape index (κ2) is 9.02. The average Bonchev–Trinajstić information content (AvgIpc) is 3.22. The van der Waals surface area contributed by atoms with Crippen molar-refractivity contribution in [3.05, 3.63) is 83.9 Å². The number of imidazole rings is 1. The summed E-state index contributed by atoms with van der Waals surface area (Å²) in [7, 11) is -3.19. The van der Waals surface area contributed by atoms with Crippen molar-refractivity contribution in [2.75, 3.05) is 12.8 Å². The Morgan fingerprint density at radius 1 is 1.10 bits per heavy atom. The van der Waals surface area contributed by atoms with E-state index in [4.69, 9.17) is 0 Å². The quantitative estimate of drug-likeness (QED) is 0.594. The molecule has 152 valence electrons. The molecule has 29 heavy (non-hydrogen) atoms. The fourth-order valence-electron chi connectivity index (χ4n) is 2.91. The first-order valence-corrected chi connectivity index (χ1v) is 11.1. The van der Waals surface area contributed by atoms with Gasteiger partial charge in [0, 0.05) is 30.2 Å². The van der Waals surface area contributed by atoms with Gasteiger partial charge in [0.1, 0.15) is 0 Å². The number of sulfonamides is 1. The molecule has 0 fully saturated rings. The Bertz CT molecular complexity index is 1040. The monoisotopic (exact) mass is 412 g/mol. The van der Waals surface area contributed by atoms with Crippen LogP contribution in [0.4, 0.5) is 0 Å². The van der Waals surface area contributed by atoms with E-state index < -0.39 is 10.0 Å². The Morgan fingerprint density at radius 2 is 1.79 bits per heavy atom. The summed E-state index contributed by atoms with van der Waals surface area (Å²) in [5.74, 6) is -0.156. The van der Waals surface area contributed by atoms with Crippen molar-refractivity contribution in [3.63, 3.8) is 0 Å². The number of nitrogens with zero attached hydrogens (tertiary/aromatic N) is 2. The van der Waals surface area contributed by atoms with Gasteiger partial charge >= 0.3 is 0 Å². The van der Waals surface area contributed by atoms with Gasteiger partial charge in [-0.1, -0.05) is 24.3 Å². The Balaban J connectivity index is 1.56. The van der Waals surface area contributed by atoms with E-state index in [-0.39, 0.29) is 11.9 Å². The molecule has 0 aliphatic carbocycles. The molecular weight excluding hydrogens is 388 g/mol. The number of nitrogens with one attached hydrogen (secondary N) is 2. The molecule has 0 bridgehead atoms. The highest BCUT2D eigenvalue weighted by Gasteiger charge is 2.12. The molecule has 0 aliphatic rings. The van der Waals surface area contributed by atoms with E-state index in [0.717, 1.165) is 23.1 Å². The van der Waals surface area contributed by atoms with Gasteiger partial charge in [0.15, 0.2) is 0 Å². The number of aromatic nitrogens is 2. The first kappa shape index (κ1) is 20.8. The van der Waals surface area contributed by atoms with E-state index in [9.17, 15) is 13.2 Å². The molecule has 1 atom stereocenters. The van der Waals surface area contributed by atoms with Crippen LogP contribution in [0, 0.1) is 0 Å². The summed E-state index contributed by atoms with van der Waals surface area (Å²) in [5, 5.41) is 3.00. The molecule has 1 aromatic heterocycles. The van der Waals surface area contributed by atoms with Crippen LogP contribution < -0.4 is 10.0 Å². The molecule has 2 aromatic carbocycles. The molecule has 0 aliphatic heterocycles. The van der Waals surface area contributed by atoms with Crippen LogP contribution in [0.15, 0.2) is 67.3 Å². The molecule has 8 heteroatoms. The van der Waals surface area contributed by atoms with Gasteiger partial charge in [-0.2, -0.15) is 0 Å². The summed E-state index contributed by atoms with van der Waals surface area (Å²) in [6.07, 6.45) is 7.04. The third-order valence-electron chi connectivity index (χ3n) is 4.54. The van der Waals surface area contributed by atoms with Crippen molar-refractivity contribution in [1.82, 2.24) is 19.6 Å². The van der Waals surface area contributed by atoms with Crippen molar-refractivity contribution >= 4 is 15.9 Å². The SMILES string of the molecule is CC(NC(=O)c1ccc(CCNS(C)(=O)=O)cc1)c1ccc(-n2ccnc2)cc1. The third-order valence-corrected chi connectivity index (χ3v) is 5.27. The number of hydrogen-bond donors (Lipinski definition) is 2. The minimum absolute atomic E-state index is 0.141. The van der Waals surface area contributed by atoms with E-state index in [1.165, 1.54) is 0 Å². The van der Waals surface area contributed by atoms with Crippen LogP contribution in [0.25, 0.3) is 5.69 Å². The molecule has 0 radical (unpaired) electrons. The molecule has 2 N–H and O–H groups in total. The zero-order valence-electron chi connectivity index (χ0n) is 16.4. The molecule has 1 unspecified atom stereocenters. The van der Waals surface area contributed by atoms with Gasteiger partial charge < -0.3 is 9.88 Å². The lowest BCUT2D eigenvalue weighted by Gasteiger charge is -2.15. The van der Waals surface area contributed by atoms with E-state index in [1.807, 2.05) is 54.1 Å². The lowest BCUT2D eigenvalue weighted by atomic mass is 10.1. The number of carbonyl (C=O) groups excluding carboxylic acids is 1. The maximum atomic E-state index is 12.5. The molecule has 7 nitrogen and oxygen atoms in total. The molecule has 0 saturated carbocycles. The predicted molar refractivity (Wildman–Crippen MR) is 112 cm³/mol. The minimum atomic E-state index is -3.19. The van der Waals surface area contributed by atoms with Gasteiger partial charge in [0.05, 0.1) is 18.6 Å². The second-order valence-corrected chi connectivity index (χ2v) is 8.70. The smallest absolute Gasteiger partial charge is 0.251 e. The summed E-state index contributed by atoms with van der Waals surface area (Å²) in [6, 6.07) is 15.0. The maximum Gasteiger partial charge on any atom is 0.251 e. The van der Waals surface area contributed by atoms with Crippen LogP contribution in [0.2, 0.25) is 0 Å². The molecule has 1 amide bonds. The lowest BCUT2D eigenvalue weighted by Crippen LogP contribution is -2.26. The van der Waals surface area contributed by atoms with Gasteiger partial charge in [-0.05, 0) is 48.7 Å². The van der Waals surface area contributed by atoms with E-state index >= 15 is 0 Å². The van der Waals surface area contributed by atoms with Crippen LogP contribution in [0.3, 0.4) is 0 Å². The highest BCUT2D eigenvalue weighted by Crippen LogP contribution is 2.16. The van der Waals surface area contributed by atoms with Gasteiger partial charge in [-0.15, -0.1) is 0 Å². The van der Waals surface area contributed by atoms with Crippen LogP contribution in [0.5, 0.6) is 0 Å². The Hall–Kier alpha value is -2.97. The molecule has 3 rings (SSSR count). The number of hydrogen-bond acceptors (Lipinski definition) is 4. The number of benzene rings is 2. The van der Waals surface area contributed by atoms with Crippen LogP contribution in [-0.2, 0) is 16.4 Å². The van der Waals surface area contributed by atoms with Gasteiger partial charge in [-0.3, -0.25) is 4.79 Å². The summed E-state index contributed by atoms with van der Waals surface area (Å²) in [4.78, 5) is 16.6. The van der Waals surface area contributed by atoms with E-state index in [1.54, 1.807) is 24.7 Å². The Labute approximate surface area is 170 Å². The Kier molecular flexibility index (Phi) is 6.46. The number of carbonyl (C=O) groups is 1. The number of amides is 1. The standard InChI is InChI=1S/C21H24N4O3S/c1-16(18-7-9-20(10-8-18)25-14-13-22-15-25)24-21(26)19-5-3-17(4-6-19)11-12-23-29(2,27)28/h3-10,13-16,23H,11-12H2,1-2H3,(H,24,26). The highest BCUT2D eigenvalue weighted by atomic mass is 32.2. The first-order chi connectivity index (χ1) is 13.8. The fraction of sp³-hybridized carbons (Fsp3) is 0.238. The van der Waals surface area contributed by atoms with E-state index in [2.05, 4.69) is 15.0 Å². The molecule has 0 saturated heterocycles. The normalized spacial score (nSPS) is 12.5. The second-order valence-electron chi connectivity index (χ2n) is 6.87. The maximum absolute atomic E-state index is 12.5. The van der Waals surface area contributed by atoms with Gasteiger partial charge in [-0.25, -0.2) is 18.1 Å². The summed E-state index contributed by atoms with van der Waals surface area (Å²) < 4.78 is 26.6. The van der Waals surface area contributed by atoms with Crippen molar-refractivity contribution in [1.29, 1.82) is 0 Å². The zero-order chi connectivity index (χ0) is 20.9. The van der Waals surface area contributed by atoms with Crippen LogP contribution in [-0.4, -0.2) is 36.7 Å². The number of rotatable bonds is 8. The van der Waals surface area contributed by atoms with E-state index in [0.29, 0.717) is 18.5 Å². The first-order valence-electron chi connectivity index (χ1n) is 9.24.